The fourth-order valence-corrected chi connectivity index (χ4v) is 5.30. The molecule has 1 aromatic carbocycles. The maximum absolute atomic E-state index is 14.6. The third-order valence-electron chi connectivity index (χ3n) is 6.96. The summed E-state index contributed by atoms with van der Waals surface area (Å²) in [7, 11) is 0. The topological polar surface area (TPSA) is 9.23 Å². The molecule has 28 heavy (non-hydrogen) atoms. The number of allylic oxidation sites excluding steroid dienone is 2. The first kappa shape index (κ1) is 21.1. The molecule has 154 valence electrons. The van der Waals surface area contributed by atoms with Crippen LogP contribution in [0.5, 0.6) is 5.75 Å². The largest absolute Gasteiger partial charge is 0.462 e. The van der Waals surface area contributed by atoms with Crippen molar-refractivity contribution < 1.29 is 13.5 Å². The SMILES string of the molecule is C=CCCC1CCC(C2CCC(c3ccc(O/C=C/C)c(F)c3F)CC2)CC1. The number of benzene rings is 1. The lowest BCUT2D eigenvalue weighted by molar-refractivity contribution is 0.156. The van der Waals surface area contributed by atoms with Crippen LogP contribution in [0, 0.1) is 29.4 Å². The quantitative estimate of drug-likeness (QED) is 0.340. The fourth-order valence-electron chi connectivity index (χ4n) is 5.30. The van der Waals surface area contributed by atoms with Crippen molar-refractivity contribution >= 4 is 0 Å². The number of hydrogen-bond acceptors (Lipinski definition) is 1. The third-order valence-corrected chi connectivity index (χ3v) is 6.96. The van der Waals surface area contributed by atoms with Gasteiger partial charge in [0, 0.05) is 0 Å². The Labute approximate surface area is 168 Å². The molecular formula is C25H34F2O. The molecule has 0 aromatic heterocycles. The Hall–Kier alpha value is -1.64. The Bertz CT molecular complexity index is 665. The molecule has 3 rings (SSSR count). The molecule has 2 aliphatic rings. The summed E-state index contributed by atoms with van der Waals surface area (Å²) < 4.78 is 34.0. The molecule has 2 aliphatic carbocycles. The van der Waals surface area contributed by atoms with Gasteiger partial charge in [0.1, 0.15) is 0 Å². The van der Waals surface area contributed by atoms with E-state index in [0.29, 0.717) is 5.56 Å². The standard InChI is InChI=1S/C25H34F2O/c1-3-5-6-18-7-9-19(10-8-18)20-11-13-21(14-12-20)22-15-16-23(28-17-4-2)25(27)24(22)26/h3-4,15-21H,1,5-14H2,2H3/b17-4+. The van der Waals surface area contributed by atoms with Crippen molar-refractivity contribution in [2.24, 2.45) is 17.8 Å². The van der Waals surface area contributed by atoms with Crippen LogP contribution in [-0.4, -0.2) is 0 Å². The van der Waals surface area contributed by atoms with Crippen LogP contribution in [0.3, 0.4) is 0 Å². The Morgan fingerprint density at radius 3 is 2.21 bits per heavy atom. The lowest BCUT2D eigenvalue weighted by atomic mass is 9.68. The molecule has 0 radical (unpaired) electrons. The molecule has 0 spiro atoms. The molecule has 0 bridgehead atoms. The molecule has 1 aromatic rings. The molecule has 2 saturated carbocycles. The number of rotatable bonds is 7. The zero-order valence-electron chi connectivity index (χ0n) is 17.1. The summed E-state index contributed by atoms with van der Waals surface area (Å²) in [6.07, 6.45) is 17.1. The minimum absolute atomic E-state index is 0.0405. The number of hydrogen-bond donors (Lipinski definition) is 0. The average Bonchev–Trinajstić information content (AvgIpc) is 2.74. The van der Waals surface area contributed by atoms with Crippen LogP contribution >= 0.6 is 0 Å². The number of ether oxygens (including phenoxy) is 1. The molecule has 1 nitrogen and oxygen atoms in total. The smallest absolute Gasteiger partial charge is 0.201 e. The second-order valence-electron chi connectivity index (χ2n) is 8.63. The molecule has 0 saturated heterocycles. The summed E-state index contributed by atoms with van der Waals surface area (Å²) >= 11 is 0. The van der Waals surface area contributed by atoms with Gasteiger partial charge in [-0.25, -0.2) is 4.39 Å². The van der Waals surface area contributed by atoms with Crippen LogP contribution < -0.4 is 4.74 Å². The van der Waals surface area contributed by atoms with E-state index in [2.05, 4.69) is 6.58 Å². The molecule has 0 aliphatic heterocycles. The molecule has 0 N–H and O–H groups in total. The van der Waals surface area contributed by atoms with E-state index >= 15 is 0 Å². The van der Waals surface area contributed by atoms with Crippen molar-refractivity contribution in [3.63, 3.8) is 0 Å². The van der Waals surface area contributed by atoms with Gasteiger partial charge < -0.3 is 4.74 Å². The van der Waals surface area contributed by atoms with Crippen LogP contribution in [0.4, 0.5) is 8.78 Å². The van der Waals surface area contributed by atoms with Crippen LogP contribution in [-0.2, 0) is 0 Å². The molecular weight excluding hydrogens is 354 g/mol. The van der Waals surface area contributed by atoms with Crippen LogP contribution in [0.2, 0.25) is 0 Å². The van der Waals surface area contributed by atoms with Gasteiger partial charge in [-0.3, -0.25) is 0 Å². The van der Waals surface area contributed by atoms with Gasteiger partial charge in [-0.2, -0.15) is 4.39 Å². The highest BCUT2D eigenvalue weighted by Crippen LogP contribution is 2.45. The van der Waals surface area contributed by atoms with Gasteiger partial charge in [-0.15, -0.1) is 6.58 Å². The highest BCUT2D eigenvalue weighted by Gasteiger charge is 2.32. The van der Waals surface area contributed by atoms with Gasteiger partial charge in [0.15, 0.2) is 11.6 Å². The monoisotopic (exact) mass is 388 g/mol. The Morgan fingerprint density at radius 2 is 1.61 bits per heavy atom. The van der Waals surface area contributed by atoms with Gasteiger partial charge in [-0.05, 0) is 93.6 Å². The predicted molar refractivity (Wildman–Crippen MR) is 111 cm³/mol. The molecule has 0 unspecified atom stereocenters. The van der Waals surface area contributed by atoms with Gasteiger partial charge in [0.25, 0.3) is 0 Å². The average molecular weight is 389 g/mol. The lowest BCUT2D eigenvalue weighted by Crippen LogP contribution is -2.25. The van der Waals surface area contributed by atoms with Crippen molar-refractivity contribution in [3.05, 3.63) is 54.3 Å². The Morgan fingerprint density at radius 1 is 0.964 bits per heavy atom. The Kier molecular flexibility index (Phi) is 7.70. The van der Waals surface area contributed by atoms with Crippen LogP contribution in [0.1, 0.15) is 82.6 Å². The van der Waals surface area contributed by atoms with Gasteiger partial charge >= 0.3 is 0 Å². The van der Waals surface area contributed by atoms with Crippen molar-refractivity contribution in [3.8, 4) is 5.75 Å². The minimum Gasteiger partial charge on any atom is -0.462 e. The predicted octanol–water partition coefficient (Wildman–Crippen LogP) is 7.92. The van der Waals surface area contributed by atoms with Gasteiger partial charge in [-0.1, -0.05) is 31.1 Å². The van der Waals surface area contributed by atoms with E-state index in [4.69, 9.17) is 4.74 Å². The summed E-state index contributed by atoms with van der Waals surface area (Å²) in [5.41, 5.74) is 0.525. The third kappa shape index (κ3) is 5.04. The van der Waals surface area contributed by atoms with E-state index < -0.39 is 11.6 Å². The first-order valence-electron chi connectivity index (χ1n) is 11.0. The van der Waals surface area contributed by atoms with Crippen molar-refractivity contribution in [1.29, 1.82) is 0 Å². The fraction of sp³-hybridized carbons (Fsp3) is 0.600. The molecule has 3 heteroatoms. The minimum atomic E-state index is -0.865. The van der Waals surface area contributed by atoms with Crippen molar-refractivity contribution in [2.45, 2.75) is 77.0 Å². The van der Waals surface area contributed by atoms with E-state index in [1.165, 1.54) is 38.4 Å². The van der Waals surface area contributed by atoms with Crippen LogP contribution in [0.15, 0.2) is 37.1 Å². The normalized spacial score (nSPS) is 28.4. The summed E-state index contributed by atoms with van der Waals surface area (Å²) in [4.78, 5) is 0. The van der Waals surface area contributed by atoms with E-state index in [-0.39, 0.29) is 11.7 Å². The lowest BCUT2D eigenvalue weighted by Gasteiger charge is -2.38. The van der Waals surface area contributed by atoms with Gasteiger partial charge in [0.2, 0.25) is 5.82 Å². The first-order valence-corrected chi connectivity index (χ1v) is 11.0. The first-order chi connectivity index (χ1) is 13.6. The molecule has 2 fully saturated rings. The summed E-state index contributed by atoms with van der Waals surface area (Å²) in [6.45, 7) is 5.61. The Balaban J connectivity index is 1.53. The summed E-state index contributed by atoms with van der Waals surface area (Å²) in [5, 5.41) is 0. The van der Waals surface area contributed by atoms with E-state index in [0.717, 1.165) is 49.9 Å². The molecule has 0 amide bonds. The van der Waals surface area contributed by atoms with E-state index in [9.17, 15) is 8.78 Å². The summed E-state index contributed by atoms with van der Waals surface area (Å²) in [5.74, 6) is 0.974. The second-order valence-corrected chi connectivity index (χ2v) is 8.63. The van der Waals surface area contributed by atoms with Crippen molar-refractivity contribution in [2.75, 3.05) is 0 Å². The maximum atomic E-state index is 14.6. The zero-order chi connectivity index (χ0) is 19.9. The van der Waals surface area contributed by atoms with Crippen molar-refractivity contribution in [1.82, 2.24) is 0 Å². The highest BCUT2D eigenvalue weighted by atomic mass is 19.2. The zero-order valence-corrected chi connectivity index (χ0v) is 17.1. The van der Waals surface area contributed by atoms with E-state index in [1.54, 1.807) is 25.1 Å². The second kappa shape index (κ2) is 10.2. The maximum Gasteiger partial charge on any atom is 0.201 e. The van der Waals surface area contributed by atoms with Gasteiger partial charge in [0.05, 0.1) is 6.26 Å². The van der Waals surface area contributed by atoms with Crippen LogP contribution in [0.25, 0.3) is 0 Å². The van der Waals surface area contributed by atoms with E-state index in [1.807, 2.05) is 6.08 Å². The highest BCUT2D eigenvalue weighted by molar-refractivity contribution is 5.33. The molecule has 0 atom stereocenters. The molecule has 0 heterocycles. The number of halogens is 2. The summed E-state index contributed by atoms with van der Waals surface area (Å²) in [6, 6.07) is 3.28.